The number of alkyl halides is 3. The molecule has 0 aliphatic rings. The topological polar surface area (TPSA) is 0 Å². The molecule has 0 amide bonds. The second-order valence-electron chi connectivity index (χ2n) is 3.96. The third-order valence-corrected chi connectivity index (χ3v) is 2.18. The summed E-state index contributed by atoms with van der Waals surface area (Å²) in [6.45, 7) is 7.25. The van der Waals surface area contributed by atoms with Crippen molar-refractivity contribution in [3.63, 3.8) is 0 Å². The summed E-state index contributed by atoms with van der Waals surface area (Å²) in [4.78, 5) is -0.623. The molecule has 0 aliphatic carbocycles. The minimum absolute atomic E-state index is 0.274. The van der Waals surface area contributed by atoms with Crippen LogP contribution in [0.4, 0.5) is 13.2 Å². The van der Waals surface area contributed by atoms with Crippen molar-refractivity contribution in [2.24, 2.45) is 5.41 Å². The second-order valence-corrected chi connectivity index (χ2v) is 5.26. The molecule has 0 saturated carbocycles. The largest absolute Gasteiger partial charge is 0.422 e. The molecule has 0 spiro atoms. The van der Waals surface area contributed by atoms with Gasteiger partial charge in [0.1, 0.15) is 0 Å². The van der Waals surface area contributed by atoms with Crippen molar-refractivity contribution >= 4 is 11.8 Å². The average molecular weight is 236 g/mol. The van der Waals surface area contributed by atoms with Crippen molar-refractivity contribution in [3.8, 4) is 11.8 Å². The minimum Gasteiger partial charge on any atom is -0.166 e. The van der Waals surface area contributed by atoms with Crippen molar-refractivity contribution in [1.29, 1.82) is 0 Å². The lowest BCUT2D eigenvalue weighted by Gasteiger charge is -2.09. The number of halogens is 3. The van der Waals surface area contributed by atoms with E-state index in [1.54, 1.807) is 6.92 Å². The third kappa shape index (κ3) is 7.38. The van der Waals surface area contributed by atoms with E-state index < -0.39 is 11.1 Å². The summed E-state index contributed by atoms with van der Waals surface area (Å²) in [5.41, 5.74) is -0.274. The normalized spacial score (nSPS) is 13.4. The first-order valence-corrected chi connectivity index (χ1v) is 5.58. The molecule has 15 heavy (non-hydrogen) atoms. The Kier molecular flexibility index (Phi) is 5.30. The maximum Gasteiger partial charge on any atom is 0.422 e. The van der Waals surface area contributed by atoms with Crippen molar-refractivity contribution in [2.75, 3.05) is 5.75 Å². The lowest BCUT2D eigenvalue weighted by atomic mass is 9.98. The van der Waals surface area contributed by atoms with Gasteiger partial charge in [-0.3, -0.25) is 0 Å². The molecule has 0 bridgehead atoms. The maximum absolute atomic E-state index is 12.4. The number of hydrogen-bond acceptors (Lipinski definition) is 1. The average Bonchev–Trinajstić information content (AvgIpc) is 1.98. The molecule has 0 saturated heterocycles. The quantitative estimate of drug-likeness (QED) is 0.646. The Morgan fingerprint density at radius 3 is 2.13 bits per heavy atom. The highest BCUT2D eigenvalue weighted by Crippen LogP contribution is 2.33. The van der Waals surface area contributed by atoms with Crippen LogP contribution in [0.25, 0.3) is 0 Å². The molecular formula is C11H15F3S. The molecule has 0 aromatic rings. The number of allylic oxidation sites excluding steroid dienone is 2. The lowest BCUT2D eigenvalue weighted by Crippen LogP contribution is -2.09. The van der Waals surface area contributed by atoms with E-state index >= 15 is 0 Å². The van der Waals surface area contributed by atoms with Gasteiger partial charge < -0.3 is 0 Å². The van der Waals surface area contributed by atoms with E-state index in [0.717, 1.165) is 17.8 Å². The van der Waals surface area contributed by atoms with E-state index in [9.17, 15) is 13.2 Å². The molecule has 0 nitrogen and oxygen atoms in total. The zero-order valence-corrected chi connectivity index (χ0v) is 10.1. The number of rotatable bonds is 2. The first-order valence-electron chi connectivity index (χ1n) is 4.59. The zero-order chi connectivity index (χ0) is 12.1. The monoisotopic (exact) mass is 236 g/mol. The van der Waals surface area contributed by atoms with Crippen LogP contribution in [0, 0.1) is 17.3 Å². The van der Waals surface area contributed by atoms with E-state index in [1.165, 1.54) is 0 Å². The molecule has 0 fully saturated rings. The molecule has 86 valence electrons. The number of hydrogen-bond donors (Lipinski definition) is 0. The highest BCUT2D eigenvalue weighted by Gasteiger charge is 2.33. The standard InChI is InChI=1S/C11H15F3S/c1-5-15-9(11(12,13)14)7-6-8-10(2,3)4/h7H,5H2,1-4H3/b9-7-. The molecule has 4 heteroatoms. The Balaban J connectivity index is 4.77. The van der Waals surface area contributed by atoms with Crippen LogP contribution in [0.1, 0.15) is 27.7 Å². The van der Waals surface area contributed by atoms with Crippen LogP contribution in [0.5, 0.6) is 0 Å². The Hall–Kier alpha value is -0.560. The van der Waals surface area contributed by atoms with Crippen LogP contribution in [-0.2, 0) is 0 Å². The van der Waals surface area contributed by atoms with E-state index in [2.05, 4.69) is 11.8 Å². The predicted molar refractivity (Wildman–Crippen MR) is 59.5 cm³/mol. The second kappa shape index (κ2) is 5.50. The van der Waals surface area contributed by atoms with Crippen LogP contribution in [-0.4, -0.2) is 11.9 Å². The number of thioether (sulfide) groups is 1. The highest BCUT2D eigenvalue weighted by molar-refractivity contribution is 8.03. The molecule has 0 radical (unpaired) electrons. The van der Waals surface area contributed by atoms with Crippen LogP contribution < -0.4 is 0 Å². The summed E-state index contributed by atoms with van der Waals surface area (Å²) in [7, 11) is 0. The van der Waals surface area contributed by atoms with Gasteiger partial charge in [0.2, 0.25) is 0 Å². The summed E-state index contributed by atoms with van der Waals surface area (Å²) in [6, 6.07) is 0. The van der Waals surface area contributed by atoms with Crippen molar-refractivity contribution in [3.05, 3.63) is 11.0 Å². The molecule has 0 aromatic carbocycles. The fourth-order valence-electron chi connectivity index (χ4n) is 0.679. The van der Waals surface area contributed by atoms with Gasteiger partial charge in [0.15, 0.2) is 0 Å². The fourth-order valence-corrected chi connectivity index (χ4v) is 1.30. The van der Waals surface area contributed by atoms with Crippen molar-refractivity contribution in [2.45, 2.75) is 33.9 Å². The molecule has 0 atom stereocenters. The van der Waals surface area contributed by atoms with Gasteiger partial charge in [-0.05, 0) is 26.5 Å². The molecule has 0 unspecified atom stereocenters. The van der Waals surface area contributed by atoms with Gasteiger partial charge >= 0.3 is 6.18 Å². The van der Waals surface area contributed by atoms with Gasteiger partial charge in [-0.2, -0.15) is 13.2 Å². The van der Waals surface area contributed by atoms with Gasteiger partial charge in [-0.1, -0.05) is 18.8 Å². The van der Waals surface area contributed by atoms with E-state index in [1.807, 2.05) is 20.8 Å². The first-order chi connectivity index (χ1) is 6.67. The minimum atomic E-state index is -4.28. The molecule has 0 heterocycles. The molecule has 0 aromatic heterocycles. The predicted octanol–water partition coefficient (Wildman–Crippen LogP) is 4.24. The zero-order valence-electron chi connectivity index (χ0n) is 9.33. The van der Waals surface area contributed by atoms with Crippen molar-refractivity contribution in [1.82, 2.24) is 0 Å². The van der Waals surface area contributed by atoms with Crippen molar-refractivity contribution < 1.29 is 13.2 Å². The Morgan fingerprint density at radius 2 is 1.80 bits per heavy atom. The SMILES string of the molecule is CCS/C(=C\C#CC(C)(C)C)C(F)(F)F. The molecular weight excluding hydrogens is 221 g/mol. The highest BCUT2D eigenvalue weighted by atomic mass is 32.2. The van der Waals surface area contributed by atoms with E-state index in [-0.39, 0.29) is 5.41 Å². The van der Waals surface area contributed by atoms with Gasteiger partial charge in [0.05, 0.1) is 4.91 Å². The van der Waals surface area contributed by atoms with Crippen LogP contribution >= 0.6 is 11.8 Å². The molecule has 0 aliphatic heterocycles. The summed E-state index contributed by atoms with van der Waals surface area (Å²) >= 11 is 0.768. The van der Waals surface area contributed by atoms with E-state index in [0.29, 0.717) is 5.75 Å². The smallest absolute Gasteiger partial charge is 0.166 e. The Bertz CT molecular complexity index is 284. The first kappa shape index (κ1) is 14.4. The summed E-state index contributed by atoms with van der Waals surface area (Å²) < 4.78 is 37.1. The lowest BCUT2D eigenvalue weighted by molar-refractivity contribution is -0.0835. The maximum atomic E-state index is 12.4. The van der Waals surface area contributed by atoms with E-state index in [4.69, 9.17) is 0 Å². The van der Waals surface area contributed by atoms with Crippen LogP contribution in [0.3, 0.4) is 0 Å². The van der Waals surface area contributed by atoms with Crippen LogP contribution in [0.2, 0.25) is 0 Å². The fraction of sp³-hybridized carbons (Fsp3) is 0.636. The summed E-state index contributed by atoms with van der Waals surface area (Å²) in [5.74, 6) is 5.60. The third-order valence-electron chi connectivity index (χ3n) is 1.23. The molecule has 0 N–H and O–H groups in total. The summed E-state index contributed by atoms with van der Waals surface area (Å²) in [6.07, 6.45) is -3.33. The van der Waals surface area contributed by atoms with Crippen LogP contribution in [0.15, 0.2) is 11.0 Å². The Labute approximate surface area is 93.3 Å². The van der Waals surface area contributed by atoms with Gasteiger partial charge in [0.25, 0.3) is 0 Å². The Morgan fingerprint density at radius 1 is 1.27 bits per heavy atom. The van der Waals surface area contributed by atoms with Gasteiger partial charge in [-0.25, -0.2) is 0 Å². The van der Waals surface area contributed by atoms with Gasteiger partial charge in [0, 0.05) is 11.5 Å². The summed E-state index contributed by atoms with van der Waals surface area (Å²) in [5, 5.41) is 0. The van der Waals surface area contributed by atoms with Gasteiger partial charge in [-0.15, -0.1) is 11.8 Å². The molecule has 0 rings (SSSR count).